The number of hydrogen-bond donors (Lipinski definition) is 3. The SMILES string of the molecule is C=C1C[C@]23C[C@@]1(O)CCC2C12C=CC(O)C(C)(C(=O)O1)[C@H]2[C@@H]3C(=O)O. The Hall–Kier alpha value is -1.66. The van der Waals surface area contributed by atoms with Gasteiger partial charge in [-0.05, 0) is 49.7 Å². The molecule has 0 aromatic heterocycles. The van der Waals surface area contributed by atoms with Gasteiger partial charge in [0.05, 0.1) is 17.6 Å². The van der Waals surface area contributed by atoms with E-state index in [4.69, 9.17) is 4.74 Å². The van der Waals surface area contributed by atoms with Crippen LogP contribution in [0.3, 0.4) is 0 Å². The lowest BCUT2D eigenvalue weighted by atomic mass is 9.61. The predicted octanol–water partition coefficient (Wildman–Crippen LogP) is 1.03. The van der Waals surface area contributed by atoms with Crippen LogP contribution in [0.1, 0.15) is 32.6 Å². The van der Waals surface area contributed by atoms with Gasteiger partial charge in [-0.25, -0.2) is 0 Å². The molecule has 0 amide bonds. The van der Waals surface area contributed by atoms with Gasteiger partial charge in [0.25, 0.3) is 0 Å². The van der Waals surface area contributed by atoms with Gasteiger partial charge in [0, 0.05) is 11.8 Å². The summed E-state index contributed by atoms with van der Waals surface area (Å²) < 4.78 is 5.87. The molecule has 5 aliphatic rings. The van der Waals surface area contributed by atoms with Crippen LogP contribution in [0.5, 0.6) is 0 Å². The topological polar surface area (TPSA) is 104 Å². The maximum absolute atomic E-state index is 12.7. The number of fused-ring (bicyclic) bond motifs is 1. The lowest BCUT2D eigenvalue weighted by Gasteiger charge is -2.44. The first-order valence-electron chi connectivity index (χ1n) is 8.86. The largest absolute Gasteiger partial charge is 0.481 e. The number of carbonyl (C=O) groups excluding carboxylic acids is 1. The van der Waals surface area contributed by atoms with Gasteiger partial charge in [-0.2, -0.15) is 0 Å². The van der Waals surface area contributed by atoms with Gasteiger partial charge in [-0.3, -0.25) is 9.59 Å². The standard InChI is InChI=1S/C19H22O6/c1-9-7-17-8-18(9,24)5-3-10(17)19-6-4-11(20)16(2,15(23)25-19)13(19)12(17)14(21)22/h4,6,10-13,20,24H,1,3,5,7-8H2,2H3,(H,21,22)/t10?,11?,12-,13-,16?,17+,18+,19?/m1/s1. The van der Waals surface area contributed by atoms with Crippen LogP contribution < -0.4 is 0 Å². The van der Waals surface area contributed by atoms with Crippen LogP contribution in [0.4, 0.5) is 0 Å². The van der Waals surface area contributed by atoms with E-state index in [1.54, 1.807) is 19.1 Å². The molecule has 0 radical (unpaired) electrons. The molecule has 1 heterocycles. The van der Waals surface area contributed by atoms with E-state index in [2.05, 4.69) is 6.58 Å². The number of ether oxygens (including phenoxy) is 1. The maximum Gasteiger partial charge on any atom is 0.316 e. The van der Waals surface area contributed by atoms with E-state index < -0.39 is 51.9 Å². The molecule has 4 unspecified atom stereocenters. The van der Waals surface area contributed by atoms with Crippen molar-refractivity contribution in [2.24, 2.45) is 28.6 Å². The van der Waals surface area contributed by atoms with Crippen molar-refractivity contribution >= 4 is 11.9 Å². The van der Waals surface area contributed by atoms with Crippen LogP contribution in [0.25, 0.3) is 0 Å². The summed E-state index contributed by atoms with van der Waals surface area (Å²) in [5, 5.41) is 31.6. The third-order valence-corrected chi connectivity index (χ3v) is 8.12. The second kappa shape index (κ2) is 4.01. The molecule has 1 spiro atoms. The van der Waals surface area contributed by atoms with Gasteiger partial charge in [-0.1, -0.05) is 12.7 Å². The third kappa shape index (κ3) is 1.36. The number of aliphatic hydroxyl groups excluding tert-OH is 1. The summed E-state index contributed by atoms with van der Waals surface area (Å²) in [4.78, 5) is 25.1. The number of esters is 1. The number of rotatable bonds is 1. The van der Waals surface area contributed by atoms with Crippen molar-refractivity contribution in [1.29, 1.82) is 0 Å². The Morgan fingerprint density at radius 1 is 1.44 bits per heavy atom. The number of carboxylic acid groups (broad SMARTS) is 1. The van der Waals surface area contributed by atoms with E-state index in [9.17, 15) is 24.9 Å². The molecule has 6 nitrogen and oxygen atoms in total. The molecule has 4 aliphatic carbocycles. The van der Waals surface area contributed by atoms with Crippen molar-refractivity contribution in [3.63, 3.8) is 0 Å². The van der Waals surface area contributed by atoms with E-state index in [0.29, 0.717) is 31.3 Å². The first-order chi connectivity index (χ1) is 11.6. The fourth-order valence-electron chi connectivity index (χ4n) is 7.13. The highest BCUT2D eigenvalue weighted by Gasteiger charge is 2.83. The van der Waals surface area contributed by atoms with Crippen LogP contribution in [-0.4, -0.2) is 44.6 Å². The Balaban J connectivity index is 1.78. The molecule has 5 rings (SSSR count). The number of carboxylic acids is 1. The van der Waals surface area contributed by atoms with Crippen molar-refractivity contribution in [3.8, 4) is 0 Å². The zero-order valence-corrected chi connectivity index (χ0v) is 14.1. The van der Waals surface area contributed by atoms with E-state index in [1.165, 1.54) is 0 Å². The van der Waals surface area contributed by atoms with Gasteiger partial charge in [0.1, 0.15) is 11.0 Å². The molecule has 0 aromatic carbocycles. The van der Waals surface area contributed by atoms with Crippen LogP contribution in [-0.2, 0) is 14.3 Å². The number of hydrogen-bond acceptors (Lipinski definition) is 5. The molecular weight excluding hydrogens is 324 g/mol. The summed E-state index contributed by atoms with van der Waals surface area (Å²) >= 11 is 0. The van der Waals surface area contributed by atoms with Crippen LogP contribution >= 0.6 is 0 Å². The van der Waals surface area contributed by atoms with Crippen molar-refractivity contribution in [2.45, 2.75) is 49.9 Å². The molecule has 3 N–H and O–H groups in total. The minimum Gasteiger partial charge on any atom is -0.481 e. The second-order valence-electron chi connectivity index (χ2n) is 8.94. The van der Waals surface area contributed by atoms with Crippen molar-refractivity contribution in [1.82, 2.24) is 0 Å². The highest BCUT2D eigenvalue weighted by Crippen LogP contribution is 2.77. The quantitative estimate of drug-likeness (QED) is 0.484. The zero-order valence-electron chi connectivity index (χ0n) is 14.1. The second-order valence-corrected chi connectivity index (χ2v) is 8.94. The summed E-state index contributed by atoms with van der Waals surface area (Å²) in [6, 6.07) is 0. The first kappa shape index (κ1) is 15.6. The Morgan fingerprint density at radius 3 is 2.84 bits per heavy atom. The van der Waals surface area contributed by atoms with Crippen LogP contribution in [0, 0.1) is 28.6 Å². The first-order valence-corrected chi connectivity index (χ1v) is 8.86. The van der Waals surface area contributed by atoms with Gasteiger partial charge < -0.3 is 20.1 Å². The third-order valence-electron chi connectivity index (χ3n) is 8.12. The van der Waals surface area contributed by atoms with E-state index in [0.717, 1.165) is 0 Å². The summed E-state index contributed by atoms with van der Waals surface area (Å²) in [5.41, 5.74) is -3.29. The Morgan fingerprint density at radius 2 is 2.16 bits per heavy atom. The van der Waals surface area contributed by atoms with Crippen molar-refractivity contribution in [3.05, 3.63) is 24.3 Å². The molecule has 0 aromatic rings. The summed E-state index contributed by atoms with van der Waals surface area (Å²) in [5.74, 6) is -3.18. The van der Waals surface area contributed by atoms with E-state index in [1.807, 2.05) is 0 Å². The van der Waals surface area contributed by atoms with Crippen LogP contribution in [0.15, 0.2) is 24.3 Å². The molecule has 8 atom stereocenters. The fraction of sp³-hybridized carbons (Fsp3) is 0.684. The van der Waals surface area contributed by atoms with E-state index in [-0.39, 0.29) is 5.92 Å². The minimum atomic E-state index is -1.27. The number of carbonyl (C=O) groups is 2. The molecule has 134 valence electrons. The van der Waals surface area contributed by atoms with Crippen molar-refractivity contribution < 1.29 is 29.6 Å². The summed E-state index contributed by atoms with van der Waals surface area (Å²) in [6.45, 7) is 5.64. The fourth-order valence-corrected chi connectivity index (χ4v) is 7.13. The molecule has 3 saturated carbocycles. The van der Waals surface area contributed by atoms with Gasteiger partial charge in [0.2, 0.25) is 0 Å². The predicted molar refractivity (Wildman–Crippen MR) is 85.2 cm³/mol. The molecule has 4 bridgehead atoms. The number of aliphatic carboxylic acids is 1. The highest BCUT2D eigenvalue weighted by molar-refractivity contribution is 5.86. The summed E-state index contributed by atoms with van der Waals surface area (Å²) in [6.07, 6.45) is 4.11. The van der Waals surface area contributed by atoms with Gasteiger partial charge in [0.15, 0.2) is 0 Å². The molecule has 4 fully saturated rings. The van der Waals surface area contributed by atoms with Crippen molar-refractivity contribution in [2.75, 3.05) is 0 Å². The highest BCUT2D eigenvalue weighted by atomic mass is 16.6. The van der Waals surface area contributed by atoms with Gasteiger partial charge in [-0.15, -0.1) is 0 Å². The normalized spacial score (nSPS) is 58.0. The lowest BCUT2D eigenvalue weighted by Crippen LogP contribution is -2.50. The minimum absolute atomic E-state index is 0.180. The Labute approximate surface area is 145 Å². The molecular formula is C19H22O6. The smallest absolute Gasteiger partial charge is 0.316 e. The molecule has 25 heavy (non-hydrogen) atoms. The molecule has 1 saturated heterocycles. The van der Waals surface area contributed by atoms with E-state index >= 15 is 0 Å². The average Bonchev–Trinajstić information content (AvgIpc) is 2.95. The average molecular weight is 346 g/mol. The maximum atomic E-state index is 12.7. The summed E-state index contributed by atoms with van der Waals surface area (Å²) in [7, 11) is 0. The van der Waals surface area contributed by atoms with Crippen LogP contribution in [0.2, 0.25) is 0 Å². The number of aliphatic hydroxyl groups is 2. The lowest BCUT2D eigenvalue weighted by molar-refractivity contribution is -0.163. The Kier molecular flexibility index (Phi) is 2.50. The monoisotopic (exact) mass is 346 g/mol. The molecule has 1 aliphatic heterocycles. The zero-order chi connectivity index (χ0) is 18.0. The molecule has 6 heteroatoms. The van der Waals surface area contributed by atoms with Gasteiger partial charge >= 0.3 is 11.9 Å². The Bertz CT molecular complexity index is 772.